The van der Waals surface area contributed by atoms with E-state index in [1.54, 1.807) is 6.07 Å². The van der Waals surface area contributed by atoms with Gasteiger partial charge in [-0.05, 0) is 53.8 Å². The number of carbonyl (C=O) groups excluding carboxylic acids is 2. The molecule has 2 heterocycles. The summed E-state index contributed by atoms with van der Waals surface area (Å²) >= 11 is 2.93. The highest BCUT2D eigenvalue weighted by atomic mass is 32.2. The highest BCUT2D eigenvalue weighted by Gasteiger charge is 2.23. The van der Waals surface area contributed by atoms with Gasteiger partial charge in [-0.2, -0.15) is 0 Å². The van der Waals surface area contributed by atoms with Crippen molar-refractivity contribution in [2.75, 3.05) is 22.5 Å². The third kappa shape index (κ3) is 4.07. The van der Waals surface area contributed by atoms with Crippen molar-refractivity contribution in [2.45, 2.75) is 11.3 Å². The Morgan fingerprint density at radius 2 is 1.85 bits per heavy atom. The lowest BCUT2D eigenvalue weighted by Crippen LogP contribution is -2.30. The molecule has 136 valence electrons. The van der Waals surface area contributed by atoms with Crippen molar-refractivity contribution in [2.24, 2.45) is 0 Å². The Labute approximate surface area is 166 Å². The lowest BCUT2D eigenvalue weighted by atomic mass is 10.2. The molecule has 1 aliphatic heterocycles. The zero-order valence-corrected chi connectivity index (χ0v) is 16.2. The van der Waals surface area contributed by atoms with Gasteiger partial charge in [0.2, 0.25) is 5.91 Å². The molecule has 4 rings (SSSR count). The molecule has 0 bridgehead atoms. The van der Waals surface area contributed by atoms with Crippen molar-refractivity contribution in [3.63, 3.8) is 0 Å². The Bertz CT molecular complexity index is 953. The minimum Gasteiger partial charge on any atom is -0.321 e. The van der Waals surface area contributed by atoms with Gasteiger partial charge in [-0.15, -0.1) is 23.1 Å². The van der Waals surface area contributed by atoms with E-state index in [1.807, 2.05) is 58.8 Å². The Morgan fingerprint density at radius 3 is 2.63 bits per heavy atom. The van der Waals surface area contributed by atoms with Crippen molar-refractivity contribution in [3.05, 3.63) is 76.5 Å². The average molecular weight is 395 g/mol. The van der Waals surface area contributed by atoms with Crippen molar-refractivity contribution < 1.29 is 9.59 Å². The molecule has 6 heteroatoms. The minimum atomic E-state index is -0.103. The number of hydrogen-bond acceptors (Lipinski definition) is 4. The lowest BCUT2D eigenvalue weighted by Gasteiger charge is -2.17. The van der Waals surface area contributed by atoms with Crippen LogP contribution in [0.25, 0.3) is 0 Å². The summed E-state index contributed by atoms with van der Waals surface area (Å²) < 4.78 is 0. The van der Waals surface area contributed by atoms with E-state index in [4.69, 9.17) is 0 Å². The summed E-state index contributed by atoms with van der Waals surface area (Å²) in [6.45, 7) is 0.756. The van der Waals surface area contributed by atoms with Gasteiger partial charge < -0.3 is 10.2 Å². The monoisotopic (exact) mass is 394 g/mol. The molecule has 0 spiro atoms. The second-order valence-electron chi connectivity index (χ2n) is 6.17. The molecule has 3 aromatic rings. The number of anilines is 2. The highest BCUT2D eigenvalue weighted by Crippen LogP contribution is 2.29. The smallest absolute Gasteiger partial charge is 0.265 e. The molecule has 0 unspecified atom stereocenters. The SMILES string of the molecule is O=C(Nc1ccc(SCC(=O)N2CCc3ccccc32)cc1)c1cccs1. The number of para-hydroxylation sites is 1. The Balaban J connectivity index is 1.33. The minimum absolute atomic E-state index is 0.103. The largest absolute Gasteiger partial charge is 0.321 e. The van der Waals surface area contributed by atoms with Crippen LogP contribution < -0.4 is 10.2 Å². The van der Waals surface area contributed by atoms with E-state index in [-0.39, 0.29) is 11.8 Å². The molecular weight excluding hydrogens is 376 g/mol. The van der Waals surface area contributed by atoms with Crippen LogP contribution >= 0.6 is 23.1 Å². The molecule has 4 nitrogen and oxygen atoms in total. The molecule has 0 radical (unpaired) electrons. The molecule has 0 fully saturated rings. The van der Waals surface area contributed by atoms with Gasteiger partial charge in [-0.3, -0.25) is 9.59 Å². The van der Waals surface area contributed by atoms with Crippen molar-refractivity contribution in [1.82, 2.24) is 0 Å². The highest BCUT2D eigenvalue weighted by molar-refractivity contribution is 8.00. The normalized spacial score (nSPS) is 12.7. The van der Waals surface area contributed by atoms with E-state index in [0.717, 1.165) is 29.2 Å². The topological polar surface area (TPSA) is 49.4 Å². The number of rotatable bonds is 5. The number of amides is 2. The summed E-state index contributed by atoms with van der Waals surface area (Å²) in [6.07, 6.45) is 0.922. The quantitative estimate of drug-likeness (QED) is 0.639. The lowest BCUT2D eigenvalue weighted by molar-refractivity contribution is -0.116. The van der Waals surface area contributed by atoms with E-state index < -0.39 is 0 Å². The van der Waals surface area contributed by atoms with Gasteiger partial charge in [-0.25, -0.2) is 0 Å². The number of hydrogen-bond donors (Lipinski definition) is 1. The van der Waals surface area contributed by atoms with Gasteiger partial charge in [-0.1, -0.05) is 24.3 Å². The van der Waals surface area contributed by atoms with Gasteiger partial charge in [0.05, 0.1) is 10.6 Å². The molecule has 0 aliphatic carbocycles. The summed E-state index contributed by atoms with van der Waals surface area (Å²) in [5.41, 5.74) is 3.02. The number of benzene rings is 2. The first-order chi connectivity index (χ1) is 13.2. The van der Waals surface area contributed by atoms with Crippen LogP contribution in [0, 0.1) is 0 Å². The Kier molecular flexibility index (Phi) is 5.27. The number of fused-ring (bicyclic) bond motifs is 1. The molecule has 0 atom stereocenters. The summed E-state index contributed by atoms with van der Waals surface area (Å²) in [5, 5.41) is 4.76. The van der Waals surface area contributed by atoms with Crippen LogP contribution in [0.1, 0.15) is 15.2 Å². The molecule has 0 saturated heterocycles. The number of thiophene rings is 1. The molecular formula is C21H18N2O2S2. The Hall–Kier alpha value is -2.57. The average Bonchev–Trinajstić information content (AvgIpc) is 3.37. The predicted molar refractivity (Wildman–Crippen MR) is 112 cm³/mol. The number of carbonyl (C=O) groups is 2. The van der Waals surface area contributed by atoms with Crippen molar-refractivity contribution >= 4 is 46.3 Å². The zero-order chi connectivity index (χ0) is 18.6. The molecule has 2 aromatic carbocycles. The second-order valence-corrected chi connectivity index (χ2v) is 8.17. The second kappa shape index (κ2) is 7.98. The van der Waals surface area contributed by atoms with Crippen LogP contribution in [0.3, 0.4) is 0 Å². The van der Waals surface area contributed by atoms with Crippen molar-refractivity contribution in [3.8, 4) is 0 Å². The molecule has 1 aromatic heterocycles. The maximum absolute atomic E-state index is 12.6. The Morgan fingerprint density at radius 1 is 1.04 bits per heavy atom. The van der Waals surface area contributed by atoms with Crippen LogP contribution in [0.5, 0.6) is 0 Å². The van der Waals surface area contributed by atoms with E-state index in [2.05, 4.69) is 11.4 Å². The molecule has 27 heavy (non-hydrogen) atoms. The first-order valence-corrected chi connectivity index (χ1v) is 10.5. The third-order valence-electron chi connectivity index (χ3n) is 4.41. The summed E-state index contributed by atoms with van der Waals surface area (Å²) in [4.78, 5) is 28.2. The first-order valence-electron chi connectivity index (χ1n) is 8.67. The van der Waals surface area contributed by atoms with Gasteiger partial charge in [0, 0.05) is 22.8 Å². The summed E-state index contributed by atoms with van der Waals surface area (Å²) in [7, 11) is 0. The van der Waals surface area contributed by atoms with Gasteiger partial charge >= 0.3 is 0 Å². The predicted octanol–water partition coefficient (Wildman–Crippen LogP) is 4.68. The molecule has 1 N–H and O–H groups in total. The number of nitrogens with one attached hydrogen (secondary N) is 1. The first kappa shape index (κ1) is 17.8. The van der Waals surface area contributed by atoms with Gasteiger partial charge in [0.25, 0.3) is 5.91 Å². The fraction of sp³-hybridized carbons (Fsp3) is 0.143. The molecule has 2 amide bonds. The van der Waals surface area contributed by atoms with Crippen LogP contribution in [0.15, 0.2) is 70.9 Å². The number of nitrogens with zero attached hydrogens (tertiary/aromatic N) is 1. The van der Waals surface area contributed by atoms with Gasteiger partial charge in [0.1, 0.15) is 0 Å². The fourth-order valence-corrected chi connectivity index (χ4v) is 4.45. The standard InChI is InChI=1S/C21H18N2O2S2/c24-20(23-12-11-15-4-1-2-5-18(15)23)14-27-17-9-7-16(8-10-17)22-21(25)19-6-3-13-26-19/h1-10,13H,11-12,14H2,(H,22,25). The third-order valence-corrected chi connectivity index (χ3v) is 6.27. The maximum atomic E-state index is 12.6. The zero-order valence-electron chi connectivity index (χ0n) is 14.6. The van der Waals surface area contributed by atoms with Crippen LogP contribution in [-0.4, -0.2) is 24.1 Å². The van der Waals surface area contributed by atoms with E-state index in [1.165, 1.54) is 28.7 Å². The van der Waals surface area contributed by atoms with Crippen LogP contribution in [0.4, 0.5) is 11.4 Å². The van der Waals surface area contributed by atoms with E-state index in [9.17, 15) is 9.59 Å². The van der Waals surface area contributed by atoms with Gasteiger partial charge in [0.15, 0.2) is 0 Å². The molecule has 1 aliphatic rings. The fourth-order valence-electron chi connectivity index (χ4n) is 3.06. The molecule has 0 saturated carbocycles. The summed E-state index contributed by atoms with van der Waals surface area (Å²) in [5.74, 6) is 0.420. The van der Waals surface area contributed by atoms with Crippen LogP contribution in [-0.2, 0) is 11.2 Å². The summed E-state index contributed by atoms with van der Waals surface area (Å²) in [6, 6.07) is 19.3. The maximum Gasteiger partial charge on any atom is 0.265 e. The van der Waals surface area contributed by atoms with Crippen molar-refractivity contribution in [1.29, 1.82) is 0 Å². The number of thioether (sulfide) groups is 1. The van der Waals surface area contributed by atoms with E-state index in [0.29, 0.717) is 10.6 Å². The van der Waals surface area contributed by atoms with E-state index >= 15 is 0 Å². The van der Waals surface area contributed by atoms with Crippen LogP contribution in [0.2, 0.25) is 0 Å².